The van der Waals surface area contributed by atoms with Gasteiger partial charge in [0.15, 0.2) is 0 Å². The van der Waals surface area contributed by atoms with Gasteiger partial charge in [0.05, 0.1) is 18.6 Å². The molecule has 1 heterocycles. The normalized spacial score (nSPS) is 9.19. The molecule has 0 amide bonds. The highest BCUT2D eigenvalue weighted by atomic mass is 32.1. The molecule has 0 aliphatic rings. The number of hydrogen-bond acceptors (Lipinski definition) is 5. The van der Waals surface area contributed by atoms with E-state index in [1.165, 1.54) is 0 Å². The van der Waals surface area contributed by atoms with Crippen LogP contribution in [0, 0.1) is 0 Å². The van der Waals surface area contributed by atoms with Gasteiger partial charge in [-0.05, 0) is 24.3 Å². The first kappa shape index (κ1) is 12.4. The maximum Gasteiger partial charge on any atom is 0.414 e. The molecule has 16 heavy (non-hydrogen) atoms. The van der Waals surface area contributed by atoms with Crippen LogP contribution in [0.5, 0.6) is 5.75 Å². The van der Waals surface area contributed by atoms with E-state index < -0.39 is 4.94 Å². The summed E-state index contributed by atoms with van der Waals surface area (Å²) >= 11 is 0.806. The average Bonchev–Trinajstić information content (AvgIpc) is 2.79. The van der Waals surface area contributed by atoms with E-state index in [1.807, 2.05) is 13.8 Å². The van der Waals surface area contributed by atoms with Gasteiger partial charge < -0.3 is 9.15 Å². The summed E-state index contributed by atoms with van der Waals surface area (Å²) in [6, 6.07) is 7.15. The number of benzene rings is 1. The zero-order valence-corrected chi connectivity index (χ0v) is 10.2. The van der Waals surface area contributed by atoms with E-state index in [1.54, 1.807) is 31.4 Å². The lowest BCUT2D eigenvalue weighted by molar-refractivity contribution is 0.415. The second-order valence-electron chi connectivity index (χ2n) is 2.57. The van der Waals surface area contributed by atoms with Gasteiger partial charge in [0, 0.05) is 5.56 Å². The molecule has 0 unspecified atom stereocenters. The molecular weight excluding hydrogens is 226 g/mol. The third-order valence-electron chi connectivity index (χ3n) is 1.72. The van der Waals surface area contributed by atoms with Crippen molar-refractivity contribution in [2.24, 2.45) is 0 Å². The Bertz CT molecular complexity index is 472. The van der Waals surface area contributed by atoms with Gasteiger partial charge in [-0.3, -0.25) is 0 Å². The lowest BCUT2D eigenvalue weighted by atomic mass is 10.2. The topological polar surface area (TPSA) is 52.3 Å². The third kappa shape index (κ3) is 2.93. The smallest absolute Gasteiger partial charge is 0.414 e. The lowest BCUT2D eigenvalue weighted by Crippen LogP contribution is -1.84. The molecule has 2 rings (SSSR count). The molecule has 0 atom stereocenters. The number of hydrogen-bond donors (Lipinski definition) is 0. The number of nitrogens with zero attached hydrogens (tertiary/aromatic N) is 1. The minimum Gasteiger partial charge on any atom is -0.497 e. The van der Waals surface area contributed by atoms with Crippen molar-refractivity contribution in [2.75, 3.05) is 7.11 Å². The molecule has 0 radical (unpaired) electrons. The number of ether oxygens (including phenoxy) is 1. The summed E-state index contributed by atoms with van der Waals surface area (Å²) < 4.78 is 13.7. The van der Waals surface area contributed by atoms with Crippen LogP contribution in [-0.2, 0) is 0 Å². The number of methoxy groups -OCH3 is 1. The van der Waals surface area contributed by atoms with Gasteiger partial charge in [0.1, 0.15) is 5.75 Å². The van der Waals surface area contributed by atoms with Crippen LogP contribution >= 0.6 is 11.5 Å². The van der Waals surface area contributed by atoms with Gasteiger partial charge in [-0.2, -0.15) is 0 Å². The second kappa shape index (κ2) is 6.07. The van der Waals surface area contributed by atoms with Crippen molar-refractivity contribution in [3.05, 3.63) is 34.0 Å². The molecule has 86 valence electrons. The standard InChI is InChI=1S/C9H7NO3S.C2H6/c1-12-7-4-2-6(3-5-7)8-10-14-9(11)13-8;1-2/h2-5H,1H3;1-2H3. The van der Waals surface area contributed by atoms with Crippen LogP contribution in [-0.4, -0.2) is 11.5 Å². The Labute approximate surface area is 97.7 Å². The maximum absolute atomic E-state index is 10.8. The predicted molar refractivity (Wildman–Crippen MR) is 64.0 cm³/mol. The van der Waals surface area contributed by atoms with E-state index in [0.29, 0.717) is 5.89 Å². The van der Waals surface area contributed by atoms with Gasteiger partial charge in [-0.1, -0.05) is 13.8 Å². The molecule has 0 aliphatic heterocycles. The molecule has 1 aromatic heterocycles. The molecule has 5 heteroatoms. The van der Waals surface area contributed by atoms with E-state index >= 15 is 0 Å². The molecule has 0 fully saturated rings. The monoisotopic (exact) mass is 239 g/mol. The van der Waals surface area contributed by atoms with Crippen molar-refractivity contribution in [1.82, 2.24) is 4.37 Å². The molecule has 1 aromatic carbocycles. The summed E-state index contributed by atoms with van der Waals surface area (Å²) in [6.45, 7) is 4.00. The molecule has 0 saturated heterocycles. The lowest BCUT2D eigenvalue weighted by Gasteiger charge is -1.98. The van der Waals surface area contributed by atoms with E-state index in [0.717, 1.165) is 22.8 Å². The van der Waals surface area contributed by atoms with E-state index in [-0.39, 0.29) is 0 Å². The van der Waals surface area contributed by atoms with E-state index in [9.17, 15) is 4.79 Å². The molecule has 4 nitrogen and oxygen atoms in total. The first-order valence-corrected chi connectivity index (χ1v) is 5.68. The minimum atomic E-state index is -0.393. The molecular formula is C11H13NO3S. The highest BCUT2D eigenvalue weighted by Crippen LogP contribution is 2.19. The van der Waals surface area contributed by atoms with Crippen LogP contribution in [0.15, 0.2) is 33.5 Å². The van der Waals surface area contributed by atoms with Crippen LogP contribution in [0.4, 0.5) is 0 Å². The third-order valence-corrected chi connectivity index (χ3v) is 2.21. The van der Waals surface area contributed by atoms with Crippen molar-refractivity contribution >= 4 is 11.5 Å². The van der Waals surface area contributed by atoms with Crippen molar-refractivity contribution < 1.29 is 9.15 Å². The summed E-state index contributed by atoms with van der Waals surface area (Å²) in [7, 11) is 1.60. The molecule has 2 aromatic rings. The number of aromatic nitrogens is 1. The highest BCUT2D eigenvalue weighted by molar-refractivity contribution is 7.02. The van der Waals surface area contributed by atoms with Crippen LogP contribution in [0.2, 0.25) is 0 Å². The molecule has 0 spiro atoms. The molecule has 0 saturated carbocycles. The first-order chi connectivity index (χ1) is 7.79. The van der Waals surface area contributed by atoms with Crippen LogP contribution in [0.1, 0.15) is 13.8 Å². The van der Waals surface area contributed by atoms with E-state index in [4.69, 9.17) is 9.15 Å². The molecule has 0 N–H and O–H groups in total. The van der Waals surface area contributed by atoms with Crippen molar-refractivity contribution in [3.63, 3.8) is 0 Å². The van der Waals surface area contributed by atoms with Crippen LogP contribution < -0.4 is 9.68 Å². The fourth-order valence-electron chi connectivity index (χ4n) is 1.04. The zero-order chi connectivity index (χ0) is 12.0. The molecule has 0 aliphatic carbocycles. The Morgan fingerprint density at radius 1 is 1.25 bits per heavy atom. The van der Waals surface area contributed by atoms with Gasteiger partial charge in [-0.25, -0.2) is 4.79 Å². The summed E-state index contributed by atoms with van der Waals surface area (Å²) in [5.41, 5.74) is 0.768. The second-order valence-corrected chi connectivity index (χ2v) is 3.27. The van der Waals surface area contributed by atoms with E-state index in [2.05, 4.69) is 4.37 Å². The Kier molecular flexibility index (Phi) is 4.72. The quantitative estimate of drug-likeness (QED) is 0.808. The largest absolute Gasteiger partial charge is 0.497 e. The summed E-state index contributed by atoms with van der Waals surface area (Å²) in [6.07, 6.45) is 0. The van der Waals surface area contributed by atoms with Crippen molar-refractivity contribution in [3.8, 4) is 17.2 Å². The van der Waals surface area contributed by atoms with Crippen LogP contribution in [0.25, 0.3) is 11.5 Å². The Balaban J connectivity index is 0.000000606. The Morgan fingerprint density at radius 2 is 1.88 bits per heavy atom. The zero-order valence-electron chi connectivity index (χ0n) is 9.39. The minimum absolute atomic E-state index is 0.350. The van der Waals surface area contributed by atoms with Crippen molar-refractivity contribution in [2.45, 2.75) is 13.8 Å². The van der Waals surface area contributed by atoms with Gasteiger partial charge in [0.25, 0.3) is 0 Å². The highest BCUT2D eigenvalue weighted by Gasteiger charge is 2.04. The number of rotatable bonds is 2. The van der Waals surface area contributed by atoms with Crippen molar-refractivity contribution in [1.29, 1.82) is 0 Å². The maximum atomic E-state index is 10.8. The first-order valence-electron chi connectivity index (χ1n) is 4.91. The van der Waals surface area contributed by atoms with Crippen LogP contribution in [0.3, 0.4) is 0 Å². The van der Waals surface area contributed by atoms with Gasteiger partial charge in [-0.15, -0.1) is 4.37 Å². The SMILES string of the molecule is CC.COc1ccc(-c2nsc(=O)o2)cc1. The fourth-order valence-corrected chi connectivity index (χ4v) is 1.46. The average molecular weight is 239 g/mol. The summed E-state index contributed by atoms with van der Waals surface area (Å²) in [5.74, 6) is 1.11. The Hall–Kier alpha value is -1.62. The summed E-state index contributed by atoms with van der Waals surface area (Å²) in [4.78, 5) is 10.4. The van der Waals surface area contributed by atoms with Gasteiger partial charge >= 0.3 is 4.94 Å². The summed E-state index contributed by atoms with van der Waals surface area (Å²) in [5, 5.41) is 0. The van der Waals surface area contributed by atoms with Gasteiger partial charge in [0.2, 0.25) is 5.89 Å². The predicted octanol–water partition coefficient (Wildman–Crippen LogP) is 2.80. The fraction of sp³-hybridized carbons (Fsp3) is 0.273. The Morgan fingerprint density at radius 3 is 2.31 bits per heavy atom. The molecule has 0 bridgehead atoms.